The van der Waals surface area contributed by atoms with Gasteiger partial charge in [0.2, 0.25) is 0 Å². The third-order valence-corrected chi connectivity index (χ3v) is 2.03. The Morgan fingerprint density at radius 1 is 1.58 bits per heavy atom. The lowest BCUT2D eigenvalue weighted by molar-refractivity contribution is 0.210. The van der Waals surface area contributed by atoms with Crippen LogP contribution in [0.25, 0.3) is 0 Å². The minimum Gasteiger partial charge on any atom is -0.334 e. The van der Waals surface area contributed by atoms with Crippen molar-refractivity contribution in [3.8, 4) is 0 Å². The smallest absolute Gasteiger partial charge is 0.317 e. The van der Waals surface area contributed by atoms with E-state index in [1.165, 1.54) is 0 Å². The minimum atomic E-state index is 0.00343. The molecule has 1 aliphatic rings. The van der Waals surface area contributed by atoms with Crippen molar-refractivity contribution in [2.24, 2.45) is 0 Å². The first-order valence-electron chi connectivity index (χ1n) is 4.38. The van der Waals surface area contributed by atoms with E-state index in [1.807, 2.05) is 0 Å². The van der Waals surface area contributed by atoms with E-state index in [0.29, 0.717) is 6.04 Å². The summed E-state index contributed by atoms with van der Waals surface area (Å²) in [6, 6.07) is 0.317. The second-order valence-corrected chi connectivity index (χ2v) is 3.39. The number of carbonyl (C=O) groups is 1. The summed E-state index contributed by atoms with van der Waals surface area (Å²) in [5.41, 5.74) is 0. The summed E-state index contributed by atoms with van der Waals surface area (Å²) in [7, 11) is 3.51. The normalized spacial score (nSPS) is 23.3. The van der Waals surface area contributed by atoms with Gasteiger partial charge in [0.25, 0.3) is 0 Å². The summed E-state index contributed by atoms with van der Waals surface area (Å²) in [6.07, 6.45) is 2.24. The molecule has 1 heterocycles. The van der Waals surface area contributed by atoms with Gasteiger partial charge in [-0.05, 0) is 19.4 Å². The van der Waals surface area contributed by atoms with Crippen molar-refractivity contribution in [2.75, 3.05) is 27.2 Å². The first-order valence-corrected chi connectivity index (χ1v) is 4.38. The molecule has 1 rings (SSSR count). The maximum absolute atomic E-state index is 11.2. The fraction of sp³-hybridized carbons (Fsp3) is 0.875. The molecule has 2 N–H and O–H groups in total. The maximum atomic E-state index is 11.2. The largest absolute Gasteiger partial charge is 0.334 e. The summed E-state index contributed by atoms with van der Waals surface area (Å²) in [5, 5.41) is 6.19. The average molecular weight is 171 g/mol. The monoisotopic (exact) mass is 171 g/mol. The molecule has 12 heavy (non-hydrogen) atoms. The Morgan fingerprint density at radius 2 is 2.33 bits per heavy atom. The first kappa shape index (κ1) is 9.32. The maximum Gasteiger partial charge on any atom is 0.317 e. The number of hydrogen-bond acceptors (Lipinski definition) is 2. The van der Waals surface area contributed by atoms with Crippen molar-refractivity contribution >= 4 is 6.03 Å². The van der Waals surface area contributed by atoms with Gasteiger partial charge in [-0.25, -0.2) is 4.79 Å². The van der Waals surface area contributed by atoms with Gasteiger partial charge in [0, 0.05) is 26.7 Å². The highest BCUT2D eigenvalue weighted by Gasteiger charge is 2.15. The topological polar surface area (TPSA) is 44.4 Å². The highest BCUT2D eigenvalue weighted by atomic mass is 16.2. The highest BCUT2D eigenvalue weighted by Crippen LogP contribution is 2.01. The molecule has 1 saturated heterocycles. The zero-order valence-corrected chi connectivity index (χ0v) is 7.76. The number of carbonyl (C=O) groups excluding carboxylic acids is 1. The van der Waals surface area contributed by atoms with Gasteiger partial charge >= 0.3 is 6.03 Å². The Morgan fingerprint density at radius 3 is 2.83 bits per heavy atom. The molecule has 0 aromatic rings. The van der Waals surface area contributed by atoms with Crippen LogP contribution in [-0.2, 0) is 0 Å². The van der Waals surface area contributed by atoms with Crippen molar-refractivity contribution in [3.63, 3.8) is 0 Å². The van der Waals surface area contributed by atoms with Crippen LogP contribution < -0.4 is 10.6 Å². The van der Waals surface area contributed by atoms with Crippen molar-refractivity contribution in [2.45, 2.75) is 18.9 Å². The molecule has 0 radical (unpaired) electrons. The molecule has 0 unspecified atom stereocenters. The molecule has 0 spiro atoms. The summed E-state index contributed by atoms with van der Waals surface area (Å²) in [5.74, 6) is 0. The minimum absolute atomic E-state index is 0.00343. The quantitative estimate of drug-likeness (QED) is 0.583. The highest BCUT2D eigenvalue weighted by molar-refractivity contribution is 5.73. The standard InChI is InChI=1S/C8H17N3O/c1-11(2)8(12)10-7-4-3-5-9-6-7/h7,9H,3-6H2,1-2H3,(H,10,12)/t7-/m0/s1. The van der Waals surface area contributed by atoms with Crippen LogP contribution in [0.1, 0.15) is 12.8 Å². The predicted octanol–water partition coefficient (Wildman–Crippen LogP) is 0.00960. The van der Waals surface area contributed by atoms with Crippen LogP contribution in [-0.4, -0.2) is 44.2 Å². The van der Waals surface area contributed by atoms with Gasteiger partial charge in [0.05, 0.1) is 0 Å². The van der Waals surface area contributed by atoms with Gasteiger partial charge in [0.1, 0.15) is 0 Å². The van der Waals surface area contributed by atoms with Gasteiger partial charge in [-0.1, -0.05) is 0 Å². The zero-order valence-electron chi connectivity index (χ0n) is 7.76. The van der Waals surface area contributed by atoms with Crippen LogP contribution in [0.4, 0.5) is 4.79 Å². The Bertz CT molecular complexity index is 152. The summed E-state index contributed by atoms with van der Waals surface area (Å²) in [6.45, 7) is 1.98. The number of urea groups is 1. The fourth-order valence-electron chi connectivity index (χ4n) is 1.28. The van der Waals surface area contributed by atoms with Crippen molar-refractivity contribution in [3.05, 3.63) is 0 Å². The molecule has 2 amide bonds. The summed E-state index contributed by atoms with van der Waals surface area (Å²) >= 11 is 0. The number of hydrogen-bond donors (Lipinski definition) is 2. The molecule has 70 valence electrons. The number of piperidine rings is 1. The number of nitrogens with zero attached hydrogens (tertiary/aromatic N) is 1. The number of amides is 2. The Hall–Kier alpha value is -0.770. The van der Waals surface area contributed by atoms with Gasteiger partial charge in [-0.15, -0.1) is 0 Å². The van der Waals surface area contributed by atoms with Crippen LogP contribution >= 0.6 is 0 Å². The summed E-state index contributed by atoms with van der Waals surface area (Å²) in [4.78, 5) is 12.8. The lowest BCUT2D eigenvalue weighted by Crippen LogP contribution is -2.48. The second kappa shape index (κ2) is 4.30. The van der Waals surface area contributed by atoms with Gasteiger partial charge in [-0.3, -0.25) is 0 Å². The van der Waals surface area contributed by atoms with Crippen LogP contribution in [0.3, 0.4) is 0 Å². The molecule has 4 nitrogen and oxygen atoms in total. The SMILES string of the molecule is CN(C)C(=O)N[C@H]1CCCNC1. The van der Waals surface area contributed by atoms with Gasteiger partial charge in [0.15, 0.2) is 0 Å². The summed E-state index contributed by atoms with van der Waals surface area (Å²) < 4.78 is 0. The first-order chi connectivity index (χ1) is 5.70. The molecule has 1 atom stereocenters. The van der Waals surface area contributed by atoms with Crippen LogP contribution in [0.5, 0.6) is 0 Å². The van der Waals surface area contributed by atoms with E-state index in [2.05, 4.69) is 10.6 Å². The van der Waals surface area contributed by atoms with Crippen molar-refractivity contribution in [1.82, 2.24) is 15.5 Å². The number of nitrogens with one attached hydrogen (secondary N) is 2. The zero-order chi connectivity index (χ0) is 8.97. The molecule has 0 bridgehead atoms. The van der Waals surface area contributed by atoms with Crippen LogP contribution in [0, 0.1) is 0 Å². The Labute approximate surface area is 73.3 Å². The molecular formula is C8H17N3O. The van der Waals surface area contributed by atoms with Crippen LogP contribution in [0.15, 0.2) is 0 Å². The third kappa shape index (κ3) is 2.70. The van der Waals surface area contributed by atoms with Crippen molar-refractivity contribution < 1.29 is 4.79 Å². The average Bonchev–Trinajstić information content (AvgIpc) is 2.06. The third-order valence-electron chi connectivity index (χ3n) is 2.03. The van der Waals surface area contributed by atoms with Gasteiger partial charge in [-0.2, -0.15) is 0 Å². The van der Waals surface area contributed by atoms with E-state index in [0.717, 1.165) is 25.9 Å². The van der Waals surface area contributed by atoms with E-state index < -0.39 is 0 Å². The van der Waals surface area contributed by atoms with E-state index >= 15 is 0 Å². The molecule has 1 aliphatic heterocycles. The molecule has 1 fully saturated rings. The van der Waals surface area contributed by atoms with E-state index in [4.69, 9.17) is 0 Å². The Kier molecular flexibility index (Phi) is 3.34. The molecule has 4 heteroatoms. The second-order valence-electron chi connectivity index (χ2n) is 3.39. The predicted molar refractivity (Wildman–Crippen MR) is 48.1 cm³/mol. The lowest BCUT2D eigenvalue weighted by Gasteiger charge is -2.25. The molecule has 0 aliphatic carbocycles. The van der Waals surface area contributed by atoms with Crippen molar-refractivity contribution in [1.29, 1.82) is 0 Å². The molecule has 0 aromatic carbocycles. The van der Waals surface area contributed by atoms with Gasteiger partial charge < -0.3 is 15.5 Å². The van der Waals surface area contributed by atoms with Crippen LogP contribution in [0.2, 0.25) is 0 Å². The lowest BCUT2D eigenvalue weighted by atomic mass is 10.1. The van der Waals surface area contributed by atoms with E-state index in [9.17, 15) is 4.79 Å². The van der Waals surface area contributed by atoms with E-state index in [-0.39, 0.29) is 6.03 Å². The van der Waals surface area contributed by atoms with E-state index in [1.54, 1.807) is 19.0 Å². The fourth-order valence-corrected chi connectivity index (χ4v) is 1.28. The molecule has 0 aromatic heterocycles. The Balaban J connectivity index is 2.24. The molecule has 0 saturated carbocycles. The number of rotatable bonds is 1. The molecular weight excluding hydrogens is 154 g/mol.